The second kappa shape index (κ2) is 5.97. The van der Waals surface area contributed by atoms with Crippen LogP contribution in [-0.4, -0.2) is 50.0 Å². The lowest BCUT2D eigenvalue weighted by atomic mass is 10.3. The molecule has 0 fully saturated rings. The highest BCUT2D eigenvalue weighted by Crippen LogP contribution is 2.17. The van der Waals surface area contributed by atoms with Crippen molar-refractivity contribution < 1.29 is 4.79 Å². The molecular formula is C11H20N4OS. The smallest absolute Gasteiger partial charge is 0.237 e. The lowest BCUT2D eigenvalue weighted by molar-refractivity contribution is -0.125. The molecule has 1 rings (SSSR count). The molecule has 17 heavy (non-hydrogen) atoms. The maximum atomic E-state index is 11.7. The van der Waals surface area contributed by atoms with E-state index in [9.17, 15) is 4.79 Å². The molecule has 0 aliphatic rings. The van der Waals surface area contributed by atoms with E-state index >= 15 is 0 Å². The zero-order valence-electron chi connectivity index (χ0n) is 11.0. The van der Waals surface area contributed by atoms with Crippen LogP contribution >= 0.6 is 11.3 Å². The van der Waals surface area contributed by atoms with Crippen LogP contribution in [0.25, 0.3) is 0 Å². The third-order valence-corrected chi connectivity index (χ3v) is 3.58. The monoisotopic (exact) mass is 256 g/mol. The highest BCUT2D eigenvalue weighted by molar-refractivity contribution is 7.13. The molecule has 1 aromatic heterocycles. The topological polar surface area (TPSA) is 48.5 Å². The van der Waals surface area contributed by atoms with Crippen LogP contribution in [0.3, 0.4) is 0 Å². The summed E-state index contributed by atoms with van der Waals surface area (Å²) in [5.41, 5.74) is 0.901. The van der Waals surface area contributed by atoms with Gasteiger partial charge in [0.05, 0.1) is 18.3 Å². The summed E-state index contributed by atoms with van der Waals surface area (Å²) in [6, 6.07) is -0.123. The summed E-state index contributed by atoms with van der Waals surface area (Å²) >= 11 is 1.58. The summed E-state index contributed by atoms with van der Waals surface area (Å²) in [4.78, 5) is 19.9. The van der Waals surface area contributed by atoms with Gasteiger partial charge in [-0.2, -0.15) is 0 Å². The molecule has 0 bridgehead atoms. The molecule has 0 saturated heterocycles. The normalized spacial score (nSPS) is 12.6. The zero-order chi connectivity index (χ0) is 13.0. The molecule has 1 N–H and O–H groups in total. The summed E-state index contributed by atoms with van der Waals surface area (Å²) in [5.74, 6) is 0.0226. The Kier molecular flexibility index (Phi) is 4.89. The predicted octanol–water partition coefficient (Wildman–Crippen LogP) is 0.775. The minimum absolute atomic E-state index is 0.0226. The van der Waals surface area contributed by atoms with Crippen molar-refractivity contribution in [1.29, 1.82) is 0 Å². The van der Waals surface area contributed by atoms with Gasteiger partial charge < -0.3 is 10.2 Å². The summed E-state index contributed by atoms with van der Waals surface area (Å²) in [5, 5.41) is 5.80. The summed E-state index contributed by atoms with van der Waals surface area (Å²) in [6.07, 6.45) is 0. The maximum Gasteiger partial charge on any atom is 0.237 e. The van der Waals surface area contributed by atoms with Gasteiger partial charge in [0.1, 0.15) is 0 Å². The van der Waals surface area contributed by atoms with Gasteiger partial charge in [0, 0.05) is 19.5 Å². The average molecular weight is 256 g/mol. The number of nitrogens with one attached hydrogen (secondary N) is 1. The van der Waals surface area contributed by atoms with Crippen LogP contribution < -0.4 is 10.2 Å². The molecule has 0 aromatic carbocycles. The second-order valence-electron chi connectivity index (χ2n) is 4.37. The first kappa shape index (κ1) is 13.9. The predicted molar refractivity (Wildman–Crippen MR) is 71.4 cm³/mol. The van der Waals surface area contributed by atoms with E-state index in [1.54, 1.807) is 11.3 Å². The molecule has 0 spiro atoms. The Morgan fingerprint density at radius 3 is 2.59 bits per heavy atom. The largest absolute Gasteiger partial charge is 0.354 e. The Balaban J connectivity index is 2.47. The first-order valence-corrected chi connectivity index (χ1v) is 6.35. The molecule has 1 amide bonds. The van der Waals surface area contributed by atoms with E-state index in [-0.39, 0.29) is 11.9 Å². The van der Waals surface area contributed by atoms with Gasteiger partial charge >= 0.3 is 0 Å². The fourth-order valence-corrected chi connectivity index (χ4v) is 1.90. The minimum Gasteiger partial charge on any atom is -0.354 e. The summed E-state index contributed by atoms with van der Waals surface area (Å²) in [7, 11) is 7.68. The number of rotatable bonds is 5. The molecule has 1 unspecified atom stereocenters. The molecule has 1 aromatic rings. The highest BCUT2D eigenvalue weighted by atomic mass is 32.1. The number of likely N-dealkylation sites (N-methyl/N-ethyl adjacent to an activating group) is 1. The van der Waals surface area contributed by atoms with Crippen LogP contribution in [0, 0.1) is 0 Å². The average Bonchev–Trinajstić information content (AvgIpc) is 2.73. The van der Waals surface area contributed by atoms with E-state index < -0.39 is 0 Å². The van der Waals surface area contributed by atoms with Gasteiger partial charge in [-0.3, -0.25) is 9.69 Å². The molecule has 0 radical (unpaired) electrons. The number of nitrogens with zero attached hydrogens (tertiary/aromatic N) is 3. The zero-order valence-corrected chi connectivity index (χ0v) is 11.8. The van der Waals surface area contributed by atoms with Gasteiger partial charge in [-0.25, -0.2) is 4.98 Å². The lowest BCUT2D eigenvalue weighted by Crippen LogP contribution is -2.41. The van der Waals surface area contributed by atoms with E-state index in [0.29, 0.717) is 6.54 Å². The lowest BCUT2D eigenvalue weighted by Gasteiger charge is -2.18. The Hall–Kier alpha value is -1.14. The SMILES string of the molecule is CC(C(=O)NCc1csc(N(C)C)n1)N(C)C. The number of anilines is 1. The number of hydrogen-bond acceptors (Lipinski definition) is 5. The van der Waals surface area contributed by atoms with Crippen LogP contribution in [0.1, 0.15) is 12.6 Å². The first-order valence-electron chi connectivity index (χ1n) is 5.47. The van der Waals surface area contributed by atoms with E-state index in [4.69, 9.17) is 0 Å². The van der Waals surface area contributed by atoms with Gasteiger partial charge in [0.2, 0.25) is 5.91 Å². The van der Waals surface area contributed by atoms with Crippen LogP contribution in [0.5, 0.6) is 0 Å². The van der Waals surface area contributed by atoms with E-state index in [0.717, 1.165) is 10.8 Å². The van der Waals surface area contributed by atoms with Gasteiger partial charge in [0.25, 0.3) is 0 Å². The van der Waals surface area contributed by atoms with Crippen LogP contribution in [-0.2, 0) is 11.3 Å². The van der Waals surface area contributed by atoms with Gasteiger partial charge in [0.15, 0.2) is 5.13 Å². The number of carbonyl (C=O) groups is 1. The van der Waals surface area contributed by atoms with Crippen LogP contribution in [0.4, 0.5) is 5.13 Å². The molecule has 0 aliphatic carbocycles. The van der Waals surface area contributed by atoms with Gasteiger partial charge in [-0.05, 0) is 21.0 Å². The Morgan fingerprint density at radius 1 is 1.47 bits per heavy atom. The van der Waals surface area contributed by atoms with Gasteiger partial charge in [-0.15, -0.1) is 11.3 Å². The fourth-order valence-electron chi connectivity index (χ4n) is 1.14. The van der Waals surface area contributed by atoms with Crippen LogP contribution in [0.15, 0.2) is 5.38 Å². The van der Waals surface area contributed by atoms with Gasteiger partial charge in [-0.1, -0.05) is 0 Å². The number of aromatic nitrogens is 1. The quantitative estimate of drug-likeness (QED) is 0.845. The van der Waals surface area contributed by atoms with Crippen molar-refractivity contribution in [1.82, 2.24) is 15.2 Å². The minimum atomic E-state index is -0.123. The van der Waals surface area contributed by atoms with E-state index in [1.165, 1.54) is 0 Å². The standard InChI is InChI=1S/C11H20N4OS/c1-8(14(2)3)10(16)12-6-9-7-17-11(13-9)15(4)5/h7-8H,6H2,1-5H3,(H,12,16). The van der Waals surface area contributed by atoms with Crippen LogP contribution in [0.2, 0.25) is 0 Å². The number of hydrogen-bond donors (Lipinski definition) is 1. The van der Waals surface area contributed by atoms with E-state index in [2.05, 4.69) is 10.3 Å². The van der Waals surface area contributed by atoms with Crippen molar-refractivity contribution >= 4 is 22.4 Å². The third kappa shape index (κ3) is 3.98. The molecule has 1 heterocycles. The molecule has 5 nitrogen and oxygen atoms in total. The Bertz CT molecular complexity index is 375. The van der Waals surface area contributed by atoms with Crippen molar-refractivity contribution in [3.63, 3.8) is 0 Å². The Morgan fingerprint density at radius 2 is 2.12 bits per heavy atom. The second-order valence-corrected chi connectivity index (χ2v) is 5.21. The molecule has 0 aliphatic heterocycles. The van der Waals surface area contributed by atoms with Crippen molar-refractivity contribution in [2.45, 2.75) is 19.5 Å². The molecule has 6 heteroatoms. The number of thiazole rings is 1. The van der Waals surface area contributed by atoms with Crippen molar-refractivity contribution in [2.75, 3.05) is 33.1 Å². The summed E-state index contributed by atoms with van der Waals surface area (Å²) in [6.45, 7) is 2.36. The first-order chi connectivity index (χ1) is 7.91. The molecule has 1 atom stereocenters. The molecule has 0 saturated carbocycles. The highest BCUT2D eigenvalue weighted by Gasteiger charge is 2.14. The fraction of sp³-hybridized carbons (Fsp3) is 0.636. The summed E-state index contributed by atoms with van der Waals surface area (Å²) < 4.78 is 0. The number of carbonyl (C=O) groups excluding carboxylic acids is 1. The molecular weight excluding hydrogens is 236 g/mol. The molecule has 96 valence electrons. The maximum absolute atomic E-state index is 11.7. The third-order valence-electron chi connectivity index (χ3n) is 2.52. The number of amides is 1. The van der Waals surface area contributed by atoms with Crippen molar-refractivity contribution in [3.8, 4) is 0 Å². The van der Waals surface area contributed by atoms with E-state index in [1.807, 2.05) is 50.3 Å². The Labute approximate surface area is 106 Å². The van der Waals surface area contributed by atoms with Crippen molar-refractivity contribution in [2.24, 2.45) is 0 Å². The van der Waals surface area contributed by atoms with Crippen molar-refractivity contribution in [3.05, 3.63) is 11.1 Å².